The number of rotatable bonds is 1. The largest absolute Gasteiger partial charge is 0.463 e. The number of carbonyl (C=O) groups excluding carboxylic acids is 1. The Bertz CT molecular complexity index is 609. The van der Waals surface area contributed by atoms with Crippen LogP contribution in [0.25, 0.3) is 12.2 Å². The van der Waals surface area contributed by atoms with Gasteiger partial charge in [-0.05, 0) is 37.1 Å². The van der Waals surface area contributed by atoms with Gasteiger partial charge < -0.3 is 4.42 Å². The predicted molar refractivity (Wildman–Crippen MR) is 61.2 cm³/mol. The van der Waals surface area contributed by atoms with E-state index in [1.165, 1.54) is 6.26 Å². The maximum Gasteiger partial charge on any atom is 0.203 e. The minimum absolute atomic E-state index is 0.0300. The summed E-state index contributed by atoms with van der Waals surface area (Å²) in [7, 11) is 0. The number of aldehydes is 1. The maximum absolute atomic E-state index is 11.8. The monoisotopic (exact) mass is 214 g/mol. The molecular weight excluding hydrogens is 204 g/mol. The first-order valence-electron chi connectivity index (χ1n) is 4.86. The second-order valence-electron chi connectivity index (χ2n) is 3.66. The third kappa shape index (κ3) is 1.58. The van der Waals surface area contributed by atoms with Crippen molar-refractivity contribution in [1.82, 2.24) is 0 Å². The Hall–Kier alpha value is -2.12. The summed E-state index contributed by atoms with van der Waals surface area (Å²) in [5.74, 6) is 0.470. The molecule has 2 rings (SSSR count). The summed E-state index contributed by atoms with van der Waals surface area (Å²) < 4.78 is 5.26. The molecule has 1 aromatic rings. The van der Waals surface area contributed by atoms with Gasteiger partial charge in [0.25, 0.3) is 0 Å². The fourth-order valence-electron chi connectivity index (χ4n) is 1.44. The molecule has 0 bridgehead atoms. The maximum atomic E-state index is 11.8. The molecule has 0 aliphatic heterocycles. The molecule has 80 valence electrons. The van der Waals surface area contributed by atoms with Gasteiger partial charge in [0.1, 0.15) is 12.0 Å². The van der Waals surface area contributed by atoms with Crippen LogP contribution in [0.3, 0.4) is 0 Å². The molecule has 3 heteroatoms. The molecule has 0 atom stereocenters. The van der Waals surface area contributed by atoms with E-state index in [0.717, 1.165) is 11.1 Å². The number of hydrogen-bond donors (Lipinski definition) is 0. The van der Waals surface area contributed by atoms with Crippen molar-refractivity contribution in [1.29, 1.82) is 0 Å². The van der Waals surface area contributed by atoms with Crippen molar-refractivity contribution < 1.29 is 9.21 Å². The first-order chi connectivity index (χ1) is 7.63. The first kappa shape index (κ1) is 10.4. The lowest BCUT2D eigenvalue weighted by Crippen LogP contribution is -2.11. The molecular formula is C13H10O3. The zero-order valence-electron chi connectivity index (χ0n) is 9.03. The van der Waals surface area contributed by atoms with Crippen molar-refractivity contribution in [3.05, 3.63) is 50.3 Å². The molecule has 0 aromatic carbocycles. The molecule has 0 amide bonds. The third-order valence-electron chi connectivity index (χ3n) is 2.58. The second-order valence-corrected chi connectivity index (χ2v) is 3.66. The van der Waals surface area contributed by atoms with Crippen molar-refractivity contribution in [2.24, 2.45) is 0 Å². The van der Waals surface area contributed by atoms with Gasteiger partial charge in [-0.25, -0.2) is 0 Å². The average Bonchev–Trinajstić information content (AvgIpc) is 2.41. The quantitative estimate of drug-likeness (QED) is 0.532. The number of fused-ring (bicyclic) bond motifs is 1. The van der Waals surface area contributed by atoms with E-state index in [4.69, 9.17) is 4.42 Å². The van der Waals surface area contributed by atoms with Crippen LogP contribution in [0.1, 0.15) is 35.5 Å². The van der Waals surface area contributed by atoms with Gasteiger partial charge in [-0.15, -0.1) is 5.73 Å². The number of carbonyl (C=O) groups is 1. The van der Waals surface area contributed by atoms with Crippen LogP contribution in [0, 0.1) is 0 Å². The minimum atomic E-state index is -0.317. The topological polar surface area (TPSA) is 47.3 Å². The fourth-order valence-corrected chi connectivity index (χ4v) is 1.44. The van der Waals surface area contributed by atoms with Crippen LogP contribution in [0.15, 0.2) is 32.4 Å². The zero-order chi connectivity index (χ0) is 11.7. The average molecular weight is 214 g/mol. The molecule has 1 aliphatic rings. The van der Waals surface area contributed by atoms with Gasteiger partial charge in [-0.2, -0.15) is 0 Å². The standard InChI is InChI=1S/C13H10O3/c1-8-3-4-11-12(5-9(8)2)16-7-10(6-14)13(11)15/h4-7H,1-2H3. The zero-order valence-corrected chi connectivity index (χ0v) is 9.03. The Morgan fingerprint density at radius 3 is 2.81 bits per heavy atom. The van der Waals surface area contributed by atoms with E-state index in [9.17, 15) is 9.59 Å². The molecule has 3 nitrogen and oxygen atoms in total. The van der Waals surface area contributed by atoms with E-state index >= 15 is 0 Å². The molecule has 1 heterocycles. The molecule has 1 aliphatic carbocycles. The minimum Gasteiger partial charge on any atom is -0.463 e. The van der Waals surface area contributed by atoms with Crippen LogP contribution in [0.4, 0.5) is 0 Å². The van der Waals surface area contributed by atoms with E-state index in [0.29, 0.717) is 17.6 Å². The summed E-state index contributed by atoms with van der Waals surface area (Å²) in [5, 5.41) is 0. The normalized spacial score (nSPS) is 13.6. The molecule has 0 radical (unpaired) electrons. The SMILES string of the molecule is CC1=C=Cc2c(occ(C=O)c2=O)C=C1C. The van der Waals surface area contributed by atoms with Crippen LogP contribution in [0.5, 0.6) is 0 Å². The lowest BCUT2D eigenvalue weighted by molar-refractivity contribution is 0.112. The fraction of sp³-hybridized carbons (Fsp3) is 0.154. The van der Waals surface area contributed by atoms with Gasteiger partial charge in [0.05, 0.1) is 11.1 Å². The van der Waals surface area contributed by atoms with Gasteiger partial charge >= 0.3 is 0 Å². The van der Waals surface area contributed by atoms with Crippen LogP contribution >= 0.6 is 0 Å². The van der Waals surface area contributed by atoms with Gasteiger partial charge in [0, 0.05) is 0 Å². The lowest BCUT2D eigenvalue weighted by Gasteiger charge is -1.99. The number of hydrogen-bond acceptors (Lipinski definition) is 3. The highest BCUT2D eigenvalue weighted by Gasteiger charge is 2.11. The third-order valence-corrected chi connectivity index (χ3v) is 2.58. The highest BCUT2D eigenvalue weighted by molar-refractivity contribution is 5.77. The summed E-state index contributed by atoms with van der Waals surface area (Å²) in [6, 6.07) is 0. The van der Waals surface area contributed by atoms with E-state index in [-0.39, 0.29) is 11.0 Å². The van der Waals surface area contributed by atoms with E-state index < -0.39 is 0 Å². The molecule has 0 unspecified atom stereocenters. The number of allylic oxidation sites excluding steroid dienone is 2. The smallest absolute Gasteiger partial charge is 0.203 e. The van der Waals surface area contributed by atoms with E-state index in [1.807, 2.05) is 13.8 Å². The Morgan fingerprint density at radius 2 is 2.12 bits per heavy atom. The van der Waals surface area contributed by atoms with Crippen LogP contribution in [0.2, 0.25) is 0 Å². The highest BCUT2D eigenvalue weighted by Crippen LogP contribution is 2.19. The Morgan fingerprint density at radius 1 is 1.38 bits per heavy atom. The summed E-state index contributed by atoms with van der Waals surface area (Å²) in [5.41, 5.74) is 5.00. The molecule has 0 saturated heterocycles. The van der Waals surface area contributed by atoms with Crippen molar-refractivity contribution in [3.63, 3.8) is 0 Å². The van der Waals surface area contributed by atoms with Gasteiger partial charge in [0.2, 0.25) is 5.43 Å². The second kappa shape index (κ2) is 3.80. The predicted octanol–water partition coefficient (Wildman–Crippen LogP) is 2.43. The molecule has 0 spiro atoms. The summed E-state index contributed by atoms with van der Waals surface area (Å²) in [6.45, 7) is 3.82. The summed E-state index contributed by atoms with van der Waals surface area (Å²) in [4.78, 5) is 22.4. The van der Waals surface area contributed by atoms with Crippen molar-refractivity contribution in [3.8, 4) is 0 Å². The molecule has 0 saturated carbocycles. The van der Waals surface area contributed by atoms with Gasteiger partial charge in [-0.1, -0.05) is 0 Å². The Balaban J connectivity index is 2.81. The molecule has 0 N–H and O–H groups in total. The van der Waals surface area contributed by atoms with Crippen molar-refractivity contribution >= 4 is 18.4 Å². The van der Waals surface area contributed by atoms with Crippen LogP contribution in [-0.2, 0) is 0 Å². The molecule has 16 heavy (non-hydrogen) atoms. The van der Waals surface area contributed by atoms with Crippen molar-refractivity contribution in [2.75, 3.05) is 0 Å². The molecule has 1 aromatic heterocycles. The van der Waals surface area contributed by atoms with E-state index in [1.54, 1.807) is 12.2 Å². The summed E-state index contributed by atoms with van der Waals surface area (Å²) >= 11 is 0. The van der Waals surface area contributed by atoms with Crippen LogP contribution < -0.4 is 5.43 Å². The molecule has 0 fully saturated rings. The van der Waals surface area contributed by atoms with Crippen molar-refractivity contribution in [2.45, 2.75) is 13.8 Å². The lowest BCUT2D eigenvalue weighted by atomic mass is 10.1. The van der Waals surface area contributed by atoms with E-state index in [2.05, 4.69) is 5.73 Å². The highest BCUT2D eigenvalue weighted by atomic mass is 16.3. The first-order valence-corrected chi connectivity index (χ1v) is 4.86. The Labute approximate surface area is 92.4 Å². The van der Waals surface area contributed by atoms with Gasteiger partial charge in [0.15, 0.2) is 6.29 Å². The summed E-state index contributed by atoms with van der Waals surface area (Å²) in [6.07, 6.45) is 5.03. The van der Waals surface area contributed by atoms with Gasteiger partial charge in [-0.3, -0.25) is 9.59 Å². The van der Waals surface area contributed by atoms with Crippen LogP contribution in [-0.4, -0.2) is 6.29 Å². The Kier molecular flexibility index (Phi) is 2.47.